The fourth-order valence-electron chi connectivity index (χ4n) is 3.81. The number of rotatable bonds is 5. The van der Waals surface area contributed by atoms with Crippen LogP contribution in [0.1, 0.15) is 32.2 Å². The Morgan fingerprint density at radius 1 is 1.13 bits per heavy atom. The number of carbonyl (C=O) groups excluding carboxylic acids is 1. The lowest BCUT2D eigenvalue weighted by Crippen LogP contribution is -2.33. The van der Waals surface area contributed by atoms with Crippen molar-refractivity contribution in [3.63, 3.8) is 0 Å². The van der Waals surface area contributed by atoms with Crippen molar-refractivity contribution < 1.29 is 9.18 Å². The van der Waals surface area contributed by atoms with Gasteiger partial charge in [-0.3, -0.25) is 9.36 Å². The summed E-state index contributed by atoms with van der Waals surface area (Å²) in [6.45, 7) is 2.91. The average molecular weight is 455 g/mol. The van der Waals surface area contributed by atoms with Crippen LogP contribution in [-0.2, 0) is 4.79 Å². The van der Waals surface area contributed by atoms with E-state index in [4.69, 9.17) is 0 Å². The highest BCUT2D eigenvalue weighted by molar-refractivity contribution is 8.00. The first-order valence-electron chi connectivity index (χ1n) is 10.5. The molecule has 0 unspecified atom stereocenters. The van der Waals surface area contributed by atoms with Crippen LogP contribution in [0.15, 0.2) is 58.6 Å². The molecule has 3 aromatic rings. The Labute approximate surface area is 189 Å². The summed E-state index contributed by atoms with van der Waals surface area (Å²) >= 11 is 3.21. The van der Waals surface area contributed by atoms with Gasteiger partial charge in [0.2, 0.25) is 5.91 Å². The van der Waals surface area contributed by atoms with Crippen LogP contribution in [0, 0.1) is 5.82 Å². The van der Waals surface area contributed by atoms with E-state index in [0.29, 0.717) is 28.3 Å². The van der Waals surface area contributed by atoms with Gasteiger partial charge in [-0.1, -0.05) is 43.0 Å². The first kappa shape index (κ1) is 20.6. The maximum absolute atomic E-state index is 14.4. The molecule has 160 valence electrons. The average Bonchev–Trinajstić information content (AvgIpc) is 3.55. The fourth-order valence-corrected chi connectivity index (χ4v) is 5.81. The Hall–Kier alpha value is -2.32. The smallest absolute Gasteiger partial charge is 0.237 e. The van der Waals surface area contributed by atoms with E-state index >= 15 is 0 Å². The molecule has 1 aromatic heterocycles. The number of halogens is 1. The number of benzene rings is 2. The van der Waals surface area contributed by atoms with E-state index in [-0.39, 0.29) is 23.5 Å². The van der Waals surface area contributed by atoms with Gasteiger partial charge < -0.3 is 4.90 Å². The van der Waals surface area contributed by atoms with E-state index < -0.39 is 0 Å². The molecule has 5 nitrogen and oxygen atoms in total. The number of carbonyl (C=O) groups is 1. The van der Waals surface area contributed by atoms with Gasteiger partial charge in [0.25, 0.3) is 0 Å². The van der Waals surface area contributed by atoms with Crippen molar-refractivity contribution in [2.24, 2.45) is 0 Å². The summed E-state index contributed by atoms with van der Waals surface area (Å²) in [6, 6.07) is 15.0. The zero-order valence-electron chi connectivity index (χ0n) is 17.2. The number of para-hydroxylation sites is 1. The Bertz CT molecular complexity index is 1110. The number of aromatic nitrogens is 3. The van der Waals surface area contributed by atoms with Gasteiger partial charge in [-0.05, 0) is 43.5 Å². The Morgan fingerprint density at radius 2 is 1.90 bits per heavy atom. The van der Waals surface area contributed by atoms with Crippen LogP contribution in [0.2, 0.25) is 0 Å². The van der Waals surface area contributed by atoms with E-state index in [1.807, 2.05) is 39.4 Å². The number of amides is 1. The quantitative estimate of drug-likeness (QED) is 0.481. The Morgan fingerprint density at radius 3 is 2.71 bits per heavy atom. The van der Waals surface area contributed by atoms with Crippen molar-refractivity contribution in [2.75, 3.05) is 17.2 Å². The van der Waals surface area contributed by atoms with Crippen molar-refractivity contribution >= 4 is 35.1 Å². The van der Waals surface area contributed by atoms with Crippen LogP contribution >= 0.6 is 23.5 Å². The molecule has 2 aromatic carbocycles. The predicted octanol–water partition coefficient (Wildman–Crippen LogP) is 5.43. The molecule has 0 spiro atoms. The zero-order valence-corrected chi connectivity index (χ0v) is 18.8. The summed E-state index contributed by atoms with van der Waals surface area (Å²) in [7, 11) is 0. The standard InChI is InChI=1S/C23H23FN4OS2/c1-15-12-13-27(19-8-4-5-9-20(19)31-15)21(29)14-30-23-26-25-22(28(23)16-10-11-16)17-6-2-3-7-18(17)24/h2-9,15-16H,10-14H2,1H3/t15-/m0/s1. The van der Waals surface area contributed by atoms with Gasteiger partial charge in [-0.25, -0.2) is 4.39 Å². The maximum Gasteiger partial charge on any atom is 0.237 e. The second-order valence-corrected chi connectivity index (χ2v) is 10.3. The number of anilines is 1. The lowest BCUT2D eigenvalue weighted by molar-refractivity contribution is -0.116. The molecule has 0 N–H and O–H groups in total. The summed E-state index contributed by atoms with van der Waals surface area (Å²) in [6.07, 6.45) is 3.00. The number of nitrogens with zero attached hydrogens (tertiary/aromatic N) is 4. The first-order valence-corrected chi connectivity index (χ1v) is 12.4. The zero-order chi connectivity index (χ0) is 21.4. The molecule has 0 radical (unpaired) electrons. The highest BCUT2D eigenvalue weighted by Gasteiger charge is 2.32. The molecule has 1 saturated carbocycles. The molecule has 8 heteroatoms. The summed E-state index contributed by atoms with van der Waals surface area (Å²) < 4.78 is 16.4. The molecule has 2 aliphatic rings. The maximum atomic E-state index is 14.4. The van der Waals surface area contributed by atoms with E-state index in [9.17, 15) is 9.18 Å². The molecule has 0 saturated heterocycles. The van der Waals surface area contributed by atoms with Crippen molar-refractivity contribution in [1.82, 2.24) is 14.8 Å². The number of hydrogen-bond acceptors (Lipinski definition) is 5. The van der Waals surface area contributed by atoms with Gasteiger partial charge in [-0.2, -0.15) is 0 Å². The highest BCUT2D eigenvalue weighted by Crippen LogP contribution is 2.42. The molecule has 1 fully saturated rings. The van der Waals surface area contributed by atoms with E-state index in [1.165, 1.54) is 17.8 Å². The molecule has 31 heavy (non-hydrogen) atoms. The lowest BCUT2D eigenvalue weighted by Gasteiger charge is -2.22. The number of fused-ring (bicyclic) bond motifs is 1. The largest absolute Gasteiger partial charge is 0.311 e. The summed E-state index contributed by atoms with van der Waals surface area (Å²) in [4.78, 5) is 16.2. The van der Waals surface area contributed by atoms with Crippen molar-refractivity contribution in [1.29, 1.82) is 0 Å². The van der Waals surface area contributed by atoms with Gasteiger partial charge in [-0.15, -0.1) is 22.0 Å². The molecule has 1 aliphatic heterocycles. The van der Waals surface area contributed by atoms with Gasteiger partial charge in [0.15, 0.2) is 11.0 Å². The molecule has 1 aliphatic carbocycles. The van der Waals surface area contributed by atoms with Crippen LogP contribution in [-0.4, -0.2) is 38.2 Å². The third-order valence-corrected chi connectivity index (χ3v) is 7.73. The minimum Gasteiger partial charge on any atom is -0.311 e. The third kappa shape index (κ3) is 4.23. The van der Waals surface area contributed by atoms with Crippen molar-refractivity contribution in [3.05, 3.63) is 54.3 Å². The molecule has 0 bridgehead atoms. The highest BCUT2D eigenvalue weighted by atomic mass is 32.2. The summed E-state index contributed by atoms with van der Waals surface area (Å²) in [5.74, 6) is 0.568. The van der Waals surface area contributed by atoms with Gasteiger partial charge in [0.05, 0.1) is 17.0 Å². The molecule has 1 atom stereocenters. The normalized spacial score (nSPS) is 18.5. The van der Waals surface area contributed by atoms with E-state index in [0.717, 1.165) is 29.8 Å². The van der Waals surface area contributed by atoms with Crippen LogP contribution < -0.4 is 4.90 Å². The SMILES string of the molecule is C[C@H]1CCN(C(=O)CSc2nnc(-c3ccccc3F)n2C2CC2)c2ccccc2S1. The Balaban J connectivity index is 1.37. The minimum absolute atomic E-state index is 0.0601. The molecule has 5 rings (SSSR count). The first-order chi connectivity index (χ1) is 15.1. The second kappa shape index (κ2) is 8.67. The molecule has 1 amide bonds. The minimum atomic E-state index is -0.308. The van der Waals surface area contributed by atoms with Crippen LogP contribution in [0.5, 0.6) is 0 Å². The predicted molar refractivity (Wildman–Crippen MR) is 123 cm³/mol. The number of thioether (sulfide) groups is 2. The molecular formula is C23H23FN4OS2. The topological polar surface area (TPSA) is 51.0 Å². The van der Waals surface area contributed by atoms with Gasteiger partial charge >= 0.3 is 0 Å². The van der Waals surface area contributed by atoms with Gasteiger partial charge in [0, 0.05) is 22.7 Å². The lowest BCUT2D eigenvalue weighted by atomic mass is 10.2. The van der Waals surface area contributed by atoms with Crippen molar-refractivity contribution in [2.45, 2.75) is 47.5 Å². The van der Waals surface area contributed by atoms with Crippen LogP contribution in [0.4, 0.5) is 10.1 Å². The molecule has 2 heterocycles. The fraction of sp³-hybridized carbons (Fsp3) is 0.348. The molecular weight excluding hydrogens is 431 g/mol. The third-order valence-electron chi connectivity index (χ3n) is 5.56. The van der Waals surface area contributed by atoms with Crippen molar-refractivity contribution in [3.8, 4) is 11.4 Å². The second-order valence-electron chi connectivity index (χ2n) is 7.91. The Kier molecular flexibility index (Phi) is 5.75. The van der Waals surface area contributed by atoms with Gasteiger partial charge in [0.1, 0.15) is 5.82 Å². The van der Waals surface area contributed by atoms with E-state index in [1.54, 1.807) is 18.2 Å². The monoisotopic (exact) mass is 454 g/mol. The summed E-state index contributed by atoms with van der Waals surface area (Å²) in [5.41, 5.74) is 1.44. The van der Waals surface area contributed by atoms with Crippen LogP contribution in [0.3, 0.4) is 0 Å². The summed E-state index contributed by atoms with van der Waals surface area (Å²) in [5, 5.41) is 9.75. The number of hydrogen-bond donors (Lipinski definition) is 0. The van der Waals surface area contributed by atoms with Crippen LogP contribution in [0.25, 0.3) is 11.4 Å². The van der Waals surface area contributed by atoms with E-state index in [2.05, 4.69) is 23.2 Å².